The van der Waals surface area contributed by atoms with E-state index in [-0.39, 0.29) is 24.5 Å². The molecular weight excluding hydrogens is 354 g/mol. The van der Waals surface area contributed by atoms with Gasteiger partial charge < -0.3 is 9.84 Å². The van der Waals surface area contributed by atoms with Gasteiger partial charge in [0, 0.05) is 12.0 Å². The van der Waals surface area contributed by atoms with Gasteiger partial charge in [0.15, 0.2) is 0 Å². The van der Waals surface area contributed by atoms with Gasteiger partial charge in [-0.15, -0.1) is 0 Å². The Morgan fingerprint density at radius 3 is 2.14 bits per heavy atom. The zero-order valence-corrected chi connectivity index (χ0v) is 16.2. The Labute approximate surface area is 164 Å². The van der Waals surface area contributed by atoms with Crippen molar-refractivity contribution in [1.29, 1.82) is 0 Å². The number of carboxylic acids is 1. The van der Waals surface area contributed by atoms with Crippen LogP contribution in [0.15, 0.2) is 48.5 Å². The molecule has 1 fully saturated rings. The number of nitrogens with zero attached hydrogens (tertiary/aromatic N) is 1. The van der Waals surface area contributed by atoms with Crippen LogP contribution >= 0.6 is 0 Å². The Hall–Kier alpha value is -2.82. The molecule has 146 valence electrons. The van der Waals surface area contributed by atoms with Gasteiger partial charge in [0.2, 0.25) is 0 Å². The minimum Gasteiger partial charge on any atom is -0.480 e. The molecule has 1 aliphatic heterocycles. The number of benzene rings is 2. The van der Waals surface area contributed by atoms with Crippen LogP contribution < -0.4 is 0 Å². The fraction of sp³-hybridized carbons (Fsp3) is 0.391. The maximum atomic E-state index is 12.9. The number of aliphatic carboxylic acids is 1. The number of carbonyl (C=O) groups excluding carboxylic acids is 1. The number of rotatable bonds is 3. The molecule has 0 radical (unpaired) electrons. The minimum atomic E-state index is -0.966. The Bertz CT molecular complexity index is 863. The fourth-order valence-electron chi connectivity index (χ4n) is 4.56. The predicted octanol–water partition coefficient (Wildman–Crippen LogP) is 4.51. The third kappa shape index (κ3) is 3.05. The van der Waals surface area contributed by atoms with E-state index in [9.17, 15) is 14.7 Å². The summed E-state index contributed by atoms with van der Waals surface area (Å²) in [6.07, 6.45) is 0.726. The second kappa shape index (κ2) is 7.30. The lowest BCUT2D eigenvalue weighted by atomic mass is 9.88. The third-order valence-corrected chi connectivity index (χ3v) is 6.33. The average Bonchev–Trinajstić information content (AvgIpc) is 3.02. The van der Waals surface area contributed by atoms with Gasteiger partial charge >= 0.3 is 12.1 Å². The van der Waals surface area contributed by atoms with Crippen LogP contribution in [0.4, 0.5) is 4.79 Å². The second-order valence-electron chi connectivity index (χ2n) is 7.86. The fourth-order valence-corrected chi connectivity index (χ4v) is 4.56. The number of fused-ring (bicyclic) bond motifs is 3. The Morgan fingerprint density at radius 2 is 1.57 bits per heavy atom. The van der Waals surface area contributed by atoms with Crippen molar-refractivity contribution in [2.75, 3.05) is 6.61 Å². The van der Waals surface area contributed by atoms with Gasteiger partial charge in [-0.1, -0.05) is 55.5 Å². The highest BCUT2D eigenvalue weighted by atomic mass is 16.6. The van der Waals surface area contributed by atoms with Gasteiger partial charge in [-0.3, -0.25) is 4.90 Å². The van der Waals surface area contributed by atoms with E-state index in [1.807, 2.05) is 38.1 Å². The van der Waals surface area contributed by atoms with Crippen LogP contribution in [-0.2, 0) is 9.53 Å². The zero-order valence-electron chi connectivity index (χ0n) is 16.2. The van der Waals surface area contributed by atoms with Crippen molar-refractivity contribution in [2.45, 2.75) is 44.7 Å². The summed E-state index contributed by atoms with van der Waals surface area (Å²) in [5.74, 6) is -0.750. The first-order valence-corrected chi connectivity index (χ1v) is 9.85. The monoisotopic (exact) mass is 379 g/mol. The summed E-state index contributed by atoms with van der Waals surface area (Å²) in [6, 6.07) is 15.3. The summed E-state index contributed by atoms with van der Waals surface area (Å²) in [7, 11) is 0. The van der Waals surface area contributed by atoms with Gasteiger partial charge in [-0.25, -0.2) is 9.59 Å². The van der Waals surface area contributed by atoms with E-state index < -0.39 is 18.1 Å². The Kier molecular flexibility index (Phi) is 4.84. The predicted molar refractivity (Wildman–Crippen MR) is 106 cm³/mol. The first kappa shape index (κ1) is 18.5. The molecule has 2 aromatic rings. The van der Waals surface area contributed by atoms with Crippen molar-refractivity contribution in [2.24, 2.45) is 5.92 Å². The molecule has 1 amide bonds. The molecule has 5 heteroatoms. The molecule has 3 atom stereocenters. The second-order valence-corrected chi connectivity index (χ2v) is 7.86. The van der Waals surface area contributed by atoms with Gasteiger partial charge in [-0.2, -0.15) is 0 Å². The van der Waals surface area contributed by atoms with Crippen LogP contribution in [0.3, 0.4) is 0 Å². The number of piperidine rings is 1. The van der Waals surface area contributed by atoms with Crippen LogP contribution in [-0.4, -0.2) is 40.8 Å². The van der Waals surface area contributed by atoms with Crippen LogP contribution in [0, 0.1) is 5.92 Å². The van der Waals surface area contributed by atoms with E-state index in [4.69, 9.17) is 4.74 Å². The topological polar surface area (TPSA) is 66.8 Å². The molecule has 0 spiro atoms. The zero-order chi connectivity index (χ0) is 19.8. The summed E-state index contributed by atoms with van der Waals surface area (Å²) in [5.41, 5.74) is 4.63. The van der Waals surface area contributed by atoms with E-state index in [0.29, 0.717) is 6.42 Å². The molecule has 0 saturated carbocycles. The highest BCUT2D eigenvalue weighted by molar-refractivity contribution is 5.81. The van der Waals surface area contributed by atoms with Crippen molar-refractivity contribution < 1.29 is 19.4 Å². The molecule has 1 aliphatic carbocycles. The lowest BCUT2D eigenvalue weighted by Crippen LogP contribution is -2.55. The molecular formula is C23H25NO4. The number of hydrogen-bond acceptors (Lipinski definition) is 3. The van der Waals surface area contributed by atoms with E-state index in [2.05, 4.69) is 24.3 Å². The smallest absolute Gasteiger partial charge is 0.410 e. The maximum absolute atomic E-state index is 12.9. The number of carboxylic acid groups (broad SMARTS) is 1. The molecule has 0 bridgehead atoms. The van der Waals surface area contributed by atoms with Crippen LogP contribution in [0.2, 0.25) is 0 Å². The third-order valence-electron chi connectivity index (χ3n) is 6.33. The minimum absolute atomic E-state index is 0.0304. The summed E-state index contributed by atoms with van der Waals surface area (Å²) >= 11 is 0. The SMILES string of the molecule is CC1CCC(C(=O)O)N(C(=O)OCC2c3ccccc3-c3ccccc32)C1C. The van der Waals surface area contributed by atoms with Gasteiger partial charge in [0.25, 0.3) is 0 Å². The van der Waals surface area contributed by atoms with E-state index in [0.717, 1.165) is 17.5 Å². The number of carbonyl (C=O) groups is 2. The van der Waals surface area contributed by atoms with Crippen LogP contribution in [0.25, 0.3) is 11.1 Å². The van der Waals surface area contributed by atoms with E-state index >= 15 is 0 Å². The van der Waals surface area contributed by atoms with Crippen molar-refractivity contribution in [3.8, 4) is 11.1 Å². The van der Waals surface area contributed by atoms with E-state index in [1.54, 1.807) is 0 Å². The molecule has 4 rings (SSSR count). The summed E-state index contributed by atoms with van der Waals surface area (Å²) in [4.78, 5) is 26.0. The first-order chi connectivity index (χ1) is 13.5. The summed E-state index contributed by atoms with van der Waals surface area (Å²) in [5, 5.41) is 9.55. The molecule has 2 aliphatic rings. The van der Waals surface area contributed by atoms with Crippen LogP contribution in [0.1, 0.15) is 43.7 Å². The number of ether oxygens (including phenoxy) is 1. The van der Waals surface area contributed by atoms with Gasteiger partial charge in [0.1, 0.15) is 12.6 Å². The van der Waals surface area contributed by atoms with Crippen LogP contribution in [0.5, 0.6) is 0 Å². The van der Waals surface area contributed by atoms with Crippen molar-refractivity contribution in [3.05, 3.63) is 59.7 Å². The number of amides is 1. The van der Waals surface area contributed by atoms with Gasteiger partial charge in [0.05, 0.1) is 0 Å². The summed E-state index contributed by atoms with van der Waals surface area (Å²) < 4.78 is 5.70. The summed E-state index contributed by atoms with van der Waals surface area (Å²) in [6.45, 7) is 4.16. The molecule has 0 aromatic heterocycles. The molecule has 1 N–H and O–H groups in total. The normalized spacial score (nSPS) is 23.8. The number of hydrogen-bond donors (Lipinski definition) is 1. The molecule has 1 saturated heterocycles. The average molecular weight is 379 g/mol. The molecule has 2 aromatic carbocycles. The Balaban J connectivity index is 1.56. The number of likely N-dealkylation sites (tertiary alicyclic amines) is 1. The molecule has 1 heterocycles. The van der Waals surface area contributed by atoms with Crippen molar-refractivity contribution in [1.82, 2.24) is 4.90 Å². The largest absolute Gasteiger partial charge is 0.480 e. The Morgan fingerprint density at radius 1 is 1.00 bits per heavy atom. The maximum Gasteiger partial charge on any atom is 0.410 e. The lowest BCUT2D eigenvalue weighted by molar-refractivity contribution is -0.145. The molecule has 3 unspecified atom stereocenters. The quantitative estimate of drug-likeness (QED) is 0.852. The molecule has 28 heavy (non-hydrogen) atoms. The van der Waals surface area contributed by atoms with Crippen molar-refractivity contribution in [3.63, 3.8) is 0 Å². The van der Waals surface area contributed by atoms with Crippen molar-refractivity contribution >= 4 is 12.1 Å². The highest BCUT2D eigenvalue weighted by Gasteiger charge is 2.41. The van der Waals surface area contributed by atoms with E-state index in [1.165, 1.54) is 16.0 Å². The highest BCUT2D eigenvalue weighted by Crippen LogP contribution is 2.44. The standard InChI is InChI=1S/C23H25NO4/c1-14-11-12-21(22(25)26)24(15(14)2)23(27)28-13-20-18-9-5-3-7-16(18)17-8-4-6-10-19(17)20/h3-10,14-15,20-21H,11-13H2,1-2H3,(H,25,26). The first-order valence-electron chi connectivity index (χ1n) is 9.85. The molecule has 5 nitrogen and oxygen atoms in total. The lowest BCUT2D eigenvalue weighted by Gasteiger charge is -2.41. The van der Waals surface area contributed by atoms with Gasteiger partial charge in [-0.05, 0) is 47.9 Å².